The number of nitrogens with one attached hydrogen (secondary N) is 2. The lowest BCUT2D eigenvalue weighted by Gasteiger charge is -2.29. The highest BCUT2D eigenvalue weighted by atomic mass is 16.5. The smallest absolute Gasteiger partial charge is 0.247 e. The second-order valence-electron chi connectivity index (χ2n) is 7.14. The molecule has 0 saturated carbocycles. The molecule has 0 radical (unpaired) electrons. The molecule has 1 amide bonds. The molecule has 1 aliphatic rings. The van der Waals surface area contributed by atoms with Crippen molar-refractivity contribution in [1.82, 2.24) is 9.97 Å². The van der Waals surface area contributed by atoms with Crippen LogP contribution < -0.4 is 15.5 Å². The Bertz CT molecular complexity index is 1180. The highest BCUT2D eigenvalue weighted by Gasteiger charge is 2.12. The van der Waals surface area contributed by atoms with Crippen molar-refractivity contribution in [2.45, 2.75) is 0 Å². The Kier molecular flexibility index (Phi) is 6.39. The molecule has 32 heavy (non-hydrogen) atoms. The summed E-state index contributed by atoms with van der Waals surface area (Å²) < 4.78 is 5.43. The lowest BCUT2D eigenvalue weighted by Crippen LogP contribution is -2.36. The molecule has 4 rings (SSSR count). The maximum absolute atomic E-state index is 11.7. The molecule has 1 saturated heterocycles. The van der Waals surface area contributed by atoms with E-state index < -0.39 is 0 Å². The summed E-state index contributed by atoms with van der Waals surface area (Å²) in [5, 5.41) is 15.3. The van der Waals surface area contributed by atoms with Crippen LogP contribution in [0.3, 0.4) is 0 Å². The molecule has 2 aromatic carbocycles. The Balaban J connectivity index is 1.58. The zero-order valence-corrected chi connectivity index (χ0v) is 17.4. The standard InChI is InChI=1S/C24H22N6O2/c1-2-23(31)27-20-13-17(16-25)12-18(14-20)22-6-7-26-24(29-22)28-19-4-3-5-21(15-19)30-8-10-32-11-9-30/h2-7,12-15H,1,8-11H2,(H,27,31)(H,26,28,29). The number of hydrogen-bond acceptors (Lipinski definition) is 7. The van der Waals surface area contributed by atoms with Gasteiger partial charge >= 0.3 is 0 Å². The number of hydrogen-bond donors (Lipinski definition) is 2. The van der Waals surface area contributed by atoms with Crippen LogP contribution >= 0.6 is 0 Å². The summed E-state index contributed by atoms with van der Waals surface area (Å²) in [6, 6.07) is 17.0. The van der Waals surface area contributed by atoms with Gasteiger partial charge in [-0.3, -0.25) is 4.79 Å². The van der Waals surface area contributed by atoms with Gasteiger partial charge in [-0.2, -0.15) is 5.26 Å². The summed E-state index contributed by atoms with van der Waals surface area (Å²) >= 11 is 0. The number of carbonyl (C=O) groups excluding carboxylic acids is 1. The van der Waals surface area contributed by atoms with Gasteiger partial charge in [0.15, 0.2) is 0 Å². The van der Waals surface area contributed by atoms with Crippen molar-refractivity contribution in [3.05, 3.63) is 72.9 Å². The molecule has 3 aromatic rings. The van der Waals surface area contributed by atoms with Crippen molar-refractivity contribution in [3.63, 3.8) is 0 Å². The van der Waals surface area contributed by atoms with E-state index in [0.29, 0.717) is 28.5 Å². The fourth-order valence-electron chi connectivity index (χ4n) is 3.42. The zero-order valence-electron chi connectivity index (χ0n) is 17.4. The highest BCUT2D eigenvalue weighted by Crippen LogP contribution is 2.26. The molecular weight excluding hydrogens is 404 g/mol. The summed E-state index contributed by atoms with van der Waals surface area (Å²) in [6.07, 6.45) is 2.83. The Morgan fingerprint density at radius 1 is 1.16 bits per heavy atom. The number of carbonyl (C=O) groups is 1. The summed E-state index contributed by atoms with van der Waals surface area (Å²) in [4.78, 5) is 22.9. The summed E-state index contributed by atoms with van der Waals surface area (Å²) in [5.41, 5.74) is 4.20. The molecule has 1 aromatic heterocycles. The number of ether oxygens (including phenoxy) is 1. The number of anilines is 4. The van der Waals surface area contributed by atoms with E-state index in [1.54, 1.807) is 30.5 Å². The van der Waals surface area contributed by atoms with Crippen LogP contribution in [0, 0.1) is 11.3 Å². The Morgan fingerprint density at radius 3 is 2.78 bits per heavy atom. The van der Waals surface area contributed by atoms with E-state index in [1.807, 2.05) is 12.1 Å². The van der Waals surface area contributed by atoms with Crippen LogP contribution in [-0.2, 0) is 9.53 Å². The van der Waals surface area contributed by atoms with Gasteiger partial charge in [0.25, 0.3) is 0 Å². The van der Waals surface area contributed by atoms with Gasteiger partial charge in [0, 0.05) is 41.9 Å². The SMILES string of the molecule is C=CC(=O)Nc1cc(C#N)cc(-c2ccnc(Nc3cccc(N4CCOCC4)c3)n2)c1. The average Bonchev–Trinajstić information content (AvgIpc) is 2.84. The number of benzene rings is 2. The third-order valence-corrected chi connectivity index (χ3v) is 4.94. The number of nitriles is 1. The second-order valence-corrected chi connectivity index (χ2v) is 7.14. The molecular formula is C24H22N6O2. The fraction of sp³-hybridized carbons (Fsp3) is 0.167. The van der Waals surface area contributed by atoms with Crippen molar-refractivity contribution in [1.29, 1.82) is 5.26 Å². The van der Waals surface area contributed by atoms with E-state index in [2.05, 4.69) is 50.3 Å². The van der Waals surface area contributed by atoms with E-state index in [1.165, 1.54) is 6.08 Å². The van der Waals surface area contributed by atoms with Gasteiger partial charge in [0.05, 0.1) is 30.5 Å². The number of aromatic nitrogens is 2. The molecule has 2 N–H and O–H groups in total. The first-order valence-corrected chi connectivity index (χ1v) is 10.2. The van der Waals surface area contributed by atoms with Crippen LogP contribution in [0.5, 0.6) is 0 Å². The van der Waals surface area contributed by atoms with Crippen molar-refractivity contribution < 1.29 is 9.53 Å². The largest absolute Gasteiger partial charge is 0.378 e. The van der Waals surface area contributed by atoms with Crippen molar-refractivity contribution >= 4 is 28.9 Å². The van der Waals surface area contributed by atoms with E-state index in [4.69, 9.17) is 4.74 Å². The first kappa shape index (κ1) is 21.0. The second kappa shape index (κ2) is 9.73. The van der Waals surface area contributed by atoms with Gasteiger partial charge in [0.2, 0.25) is 11.9 Å². The van der Waals surface area contributed by atoms with Crippen LogP contribution in [0.1, 0.15) is 5.56 Å². The van der Waals surface area contributed by atoms with Gasteiger partial charge < -0.3 is 20.3 Å². The van der Waals surface area contributed by atoms with Crippen LogP contribution in [0.15, 0.2) is 67.4 Å². The monoisotopic (exact) mass is 426 g/mol. The highest BCUT2D eigenvalue weighted by molar-refractivity contribution is 5.99. The van der Waals surface area contributed by atoms with Crippen molar-refractivity contribution in [2.75, 3.05) is 41.8 Å². The molecule has 1 fully saturated rings. The number of nitrogens with zero attached hydrogens (tertiary/aromatic N) is 4. The van der Waals surface area contributed by atoms with Gasteiger partial charge in [-0.05, 0) is 48.5 Å². The normalized spacial score (nSPS) is 13.2. The van der Waals surface area contributed by atoms with E-state index in [0.717, 1.165) is 37.7 Å². The summed E-state index contributed by atoms with van der Waals surface area (Å²) in [6.45, 7) is 6.61. The van der Waals surface area contributed by atoms with Crippen LogP contribution in [0.2, 0.25) is 0 Å². The topological polar surface area (TPSA) is 103 Å². The number of morpholine rings is 1. The zero-order chi connectivity index (χ0) is 22.3. The van der Waals surface area contributed by atoms with E-state index in [9.17, 15) is 10.1 Å². The van der Waals surface area contributed by atoms with Crippen LogP contribution in [0.25, 0.3) is 11.3 Å². The average molecular weight is 426 g/mol. The molecule has 0 spiro atoms. The van der Waals surface area contributed by atoms with Gasteiger partial charge in [-0.25, -0.2) is 9.97 Å². The Labute approximate surface area is 186 Å². The van der Waals surface area contributed by atoms with Crippen LogP contribution in [-0.4, -0.2) is 42.2 Å². The third-order valence-electron chi connectivity index (χ3n) is 4.94. The molecule has 160 valence electrons. The molecule has 8 nitrogen and oxygen atoms in total. The van der Waals surface area contributed by atoms with Gasteiger partial charge in [-0.1, -0.05) is 12.6 Å². The molecule has 0 unspecified atom stereocenters. The van der Waals surface area contributed by atoms with Crippen molar-refractivity contribution in [3.8, 4) is 17.3 Å². The fourth-order valence-corrected chi connectivity index (χ4v) is 3.42. The molecule has 1 aliphatic heterocycles. The lowest BCUT2D eigenvalue weighted by molar-refractivity contribution is -0.111. The maximum Gasteiger partial charge on any atom is 0.247 e. The predicted molar refractivity (Wildman–Crippen MR) is 124 cm³/mol. The summed E-state index contributed by atoms with van der Waals surface area (Å²) in [5.74, 6) is 0.0805. The van der Waals surface area contributed by atoms with Crippen LogP contribution in [0.4, 0.5) is 23.0 Å². The van der Waals surface area contributed by atoms with Gasteiger partial charge in [0.1, 0.15) is 0 Å². The lowest BCUT2D eigenvalue weighted by atomic mass is 10.1. The summed E-state index contributed by atoms with van der Waals surface area (Å²) in [7, 11) is 0. The third kappa shape index (κ3) is 5.09. The molecule has 0 atom stereocenters. The molecule has 0 bridgehead atoms. The minimum Gasteiger partial charge on any atom is -0.378 e. The predicted octanol–water partition coefficient (Wildman–Crippen LogP) is 3.72. The molecule has 2 heterocycles. The van der Waals surface area contributed by atoms with Gasteiger partial charge in [-0.15, -0.1) is 0 Å². The maximum atomic E-state index is 11.7. The first-order chi connectivity index (χ1) is 15.6. The quantitative estimate of drug-likeness (QED) is 0.579. The Hall–Kier alpha value is -4.22. The minimum absolute atomic E-state index is 0.351. The van der Waals surface area contributed by atoms with E-state index >= 15 is 0 Å². The molecule has 8 heteroatoms. The minimum atomic E-state index is -0.351. The Morgan fingerprint density at radius 2 is 2.00 bits per heavy atom. The molecule has 0 aliphatic carbocycles. The van der Waals surface area contributed by atoms with E-state index in [-0.39, 0.29) is 5.91 Å². The van der Waals surface area contributed by atoms with Crippen molar-refractivity contribution in [2.24, 2.45) is 0 Å². The number of amides is 1. The number of rotatable bonds is 6. The first-order valence-electron chi connectivity index (χ1n) is 10.2.